The van der Waals surface area contributed by atoms with Crippen molar-refractivity contribution in [2.75, 3.05) is 31.1 Å². The Morgan fingerprint density at radius 2 is 1.97 bits per heavy atom. The number of ether oxygens (including phenoxy) is 2. The van der Waals surface area contributed by atoms with Crippen LogP contribution in [0.1, 0.15) is 11.3 Å². The number of carbonyl (C=O) groups is 2. The van der Waals surface area contributed by atoms with Crippen molar-refractivity contribution in [2.45, 2.75) is 18.9 Å². The largest absolute Gasteiger partial charge is 0.484 e. The maximum absolute atomic E-state index is 14.5. The lowest BCUT2D eigenvalue weighted by atomic mass is 10.1. The van der Waals surface area contributed by atoms with Gasteiger partial charge in [-0.1, -0.05) is 0 Å². The number of rotatable bonds is 6. The summed E-state index contributed by atoms with van der Waals surface area (Å²) in [6.07, 6.45) is -0.388. The van der Waals surface area contributed by atoms with Gasteiger partial charge in [0.1, 0.15) is 30.1 Å². The monoisotopic (exact) mass is 466 g/mol. The van der Waals surface area contributed by atoms with Crippen molar-refractivity contribution >= 4 is 28.6 Å². The first-order valence-corrected chi connectivity index (χ1v) is 11.0. The molecular formula is C24H23FN4O5. The van der Waals surface area contributed by atoms with Crippen LogP contribution in [0, 0.1) is 5.82 Å². The van der Waals surface area contributed by atoms with E-state index in [1.807, 2.05) is 0 Å². The molecule has 2 aromatic heterocycles. The summed E-state index contributed by atoms with van der Waals surface area (Å²) < 4.78 is 26.8. The third-order valence-electron chi connectivity index (χ3n) is 6.07. The molecule has 1 amide bonds. The van der Waals surface area contributed by atoms with Crippen molar-refractivity contribution in [3.8, 4) is 5.75 Å². The molecule has 176 valence electrons. The standard InChI is InChI=1S/C24H23FN4O5/c1-28-22(31)7-3-14-2-4-18(25)17(23(14)28)8-9-26-11-16-12-29(24(32)34-16)21-6-5-20-19(27-21)10-15(30)13-33-20/h2-7,16,26H,8-13H2,1H3/t16-/m0/s1. The number of fused-ring (bicyclic) bond motifs is 2. The summed E-state index contributed by atoms with van der Waals surface area (Å²) in [5.41, 5.74) is 1.35. The van der Waals surface area contributed by atoms with Crippen molar-refractivity contribution in [1.29, 1.82) is 0 Å². The Morgan fingerprint density at radius 3 is 2.82 bits per heavy atom. The molecule has 1 fully saturated rings. The zero-order chi connectivity index (χ0) is 23.8. The van der Waals surface area contributed by atoms with Crippen molar-refractivity contribution in [2.24, 2.45) is 7.05 Å². The van der Waals surface area contributed by atoms with Gasteiger partial charge in [-0.25, -0.2) is 14.2 Å². The van der Waals surface area contributed by atoms with Crippen molar-refractivity contribution in [3.63, 3.8) is 0 Å². The molecule has 0 spiro atoms. The minimum Gasteiger partial charge on any atom is -0.484 e. The van der Waals surface area contributed by atoms with Gasteiger partial charge in [-0.15, -0.1) is 0 Å². The minimum atomic E-state index is -0.516. The Bertz CT molecular complexity index is 1360. The summed E-state index contributed by atoms with van der Waals surface area (Å²) in [7, 11) is 1.63. The molecule has 0 radical (unpaired) electrons. The first-order valence-electron chi connectivity index (χ1n) is 11.0. The van der Waals surface area contributed by atoms with Gasteiger partial charge in [0.2, 0.25) is 0 Å². The van der Waals surface area contributed by atoms with E-state index < -0.39 is 12.2 Å². The quantitative estimate of drug-likeness (QED) is 0.552. The Hall–Kier alpha value is -3.79. The number of halogens is 1. The van der Waals surface area contributed by atoms with E-state index in [4.69, 9.17) is 9.47 Å². The molecule has 2 aliphatic rings. The number of hydrogen-bond acceptors (Lipinski definition) is 7. The molecule has 3 aromatic rings. The molecule has 0 saturated carbocycles. The van der Waals surface area contributed by atoms with Crippen molar-refractivity contribution in [1.82, 2.24) is 14.9 Å². The van der Waals surface area contributed by atoms with Crippen LogP contribution < -0.4 is 20.5 Å². The molecule has 4 heterocycles. The zero-order valence-electron chi connectivity index (χ0n) is 18.5. The van der Waals surface area contributed by atoms with Gasteiger partial charge in [0.15, 0.2) is 5.78 Å². The third kappa shape index (κ3) is 4.12. The molecule has 0 aliphatic carbocycles. The molecule has 5 rings (SSSR count). The smallest absolute Gasteiger partial charge is 0.415 e. The van der Waals surface area contributed by atoms with Crippen LogP contribution in [0.15, 0.2) is 41.2 Å². The molecule has 0 unspecified atom stereocenters. The number of carbonyl (C=O) groups excluding carboxylic acids is 2. The van der Waals surface area contributed by atoms with Gasteiger partial charge < -0.3 is 19.4 Å². The molecule has 9 nitrogen and oxygen atoms in total. The number of ketones is 1. The Kier molecular flexibility index (Phi) is 5.74. The number of anilines is 1. The van der Waals surface area contributed by atoms with E-state index >= 15 is 0 Å². The van der Waals surface area contributed by atoms with E-state index in [2.05, 4.69) is 10.3 Å². The summed E-state index contributed by atoms with van der Waals surface area (Å²) in [4.78, 5) is 41.9. The molecule has 10 heteroatoms. The topological polar surface area (TPSA) is 103 Å². The van der Waals surface area contributed by atoms with Gasteiger partial charge in [-0.2, -0.15) is 0 Å². The van der Waals surface area contributed by atoms with E-state index in [9.17, 15) is 18.8 Å². The maximum atomic E-state index is 14.5. The van der Waals surface area contributed by atoms with E-state index in [-0.39, 0.29) is 30.2 Å². The van der Waals surface area contributed by atoms with Crippen molar-refractivity contribution < 1.29 is 23.5 Å². The molecule has 2 aliphatic heterocycles. The lowest BCUT2D eigenvalue weighted by Gasteiger charge is -2.18. The van der Waals surface area contributed by atoms with E-state index in [0.29, 0.717) is 54.4 Å². The fraction of sp³-hybridized carbons (Fsp3) is 0.333. The average Bonchev–Trinajstić information content (AvgIpc) is 3.20. The summed E-state index contributed by atoms with van der Waals surface area (Å²) in [5, 5.41) is 4.00. The number of hydrogen-bond donors (Lipinski definition) is 1. The minimum absolute atomic E-state index is 0.0342. The maximum Gasteiger partial charge on any atom is 0.415 e. The summed E-state index contributed by atoms with van der Waals surface area (Å²) in [5.74, 6) is 0.524. The third-order valence-corrected chi connectivity index (χ3v) is 6.07. The van der Waals surface area contributed by atoms with E-state index in [0.717, 1.165) is 5.39 Å². The van der Waals surface area contributed by atoms with Gasteiger partial charge in [-0.3, -0.25) is 14.5 Å². The highest BCUT2D eigenvalue weighted by atomic mass is 19.1. The molecule has 34 heavy (non-hydrogen) atoms. The second-order valence-corrected chi connectivity index (χ2v) is 8.38. The number of aryl methyl sites for hydroxylation is 1. The number of nitrogens with one attached hydrogen (secondary N) is 1. The van der Waals surface area contributed by atoms with Gasteiger partial charge in [0, 0.05) is 25.2 Å². The second kappa shape index (κ2) is 8.86. The Labute approximate surface area is 194 Å². The molecule has 1 N–H and O–H groups in total. The molecule has 1 saturated heterocycles. The van der Waals surface area contributed by atoms with Crippen LogP contribution in [-0.2, 0) is 29.4 Å². The average molecular weight is 466 g/mol. The SMILES string of the molecule is Cn1c(=O)ccc2ccc(F)c(CCNC[C@H]3CN(c4ccc5c(n4)CC(=O)CO5)C(=O)O3)c21. The number of benzene rings is 1. The highest BCUT2D eigenvalue weighted by molar-refractivity contribution is 5.89. The number of cyclic esters (lactones) is 1. The number of amides is 1. The van der Waals surface area contributed by atoms with Crippen LogP contribution in [-0.4, -0.2) is 53.8 Å². The van der Waals surface area contributed by atoms with Crippen LogP contribution in [0.4, 0.5) is 15.0 Å². The van der Waals surface area contributed by atoms with Gasteiger partial charge in [-0.05, 0) is 48.7 Å². The highest BCUT2D eigenvalue weighted by Crippen LogP contribution is 2.27. The Morgan fingerprint density at radius 1 is 1.15 bits per heavy atom. The highest BCUT2D eigenvalue weighted by Gasteiger charge is 2.33. The van der Waals surface area contributed by atoms with Gasteiger partial charge in [0.05, 0.1) is 24.2 Å². The normalized spacial score (nSPS) is 17.6. The van der Waals surface area contributed by atoms with Crippen LogP contribution in [0.3, 0.4) is 0 Å². The second-order valence-electron chi connectivity index (χ2n) is 8.38. The number of Topliss-reactive ketones (excluding diaryl/α,β-unsaturated/α-hetero) is 1. The van der Waals surface area contributed by atoms with Gasteiger partial charge in [0.25, 0.3) is 5.56 Å². The fourth-order valence-corrected chi connectivity index (χ4v) is 4.35. The summed E-state index contributed by atoms with van der Waals surface area (Å²) in [6.45, 7) is 1.14. The molecule has 1 atom stereocenters. The fourth-order valence-electron chi connectivity index (χ4n) is 4.35. The number of aromatic nitrogens is 2. The van der Waals surface area contributed by atoms with Crippen LogP contribution in [0.25, 0.3) is 10.9 Å². The predicted octanol–water partition coefficient (Wildman–Crippen LogP) is 1.73. The first-order chi connectivity index (χ1) is 16.4. The van der Waals surface area contributed by atoms with Crippen LogP contribution >= 0.6 is 0 Å². The van der Waals surface area contributed by atoms with Crippen LogP contribution in [0.2, 0.25) is 0 Å². The molecule has 1 aromatic carbocycles. The van der Waals surface area contributed by atoms with Gasteiger partial charge >= 0.3 is 6.09 Å². The van der Waals surface area contributed by atoms with Crippen molar-refractivity contribution in [3.05, 3.63) is 63.8 Å². The van der Waals surface area contributed by atoms with Crippen LogP contribution in [0.5, 0.6) is 5.75 Å². The predicted molar refractivity (Wildman–Crippen MR) is 122 cm³/mol. The molecular weight excluding hydrogens is 443 g/mol. The van der Waals surface area contributed by atoms with E-state index in [1.54, 1.807) is 31.3 Å². The molecule has 0 bridgehead atoms. The number of nitrogens with zero attached hydrogens (tertiary/aromatic N) is 3. The Balaban J connectivity index is 1.21. The lowest BCUT2D eigenvalue weighted by Crippen LogP contribution is -2.32. The van der Waals surface area contributed by atoms with E-state index in [1.165, 1.54) is 21.6 Å². The number of pyridine rings is 2. The zero-order valence-corrected chi connectivity index (χ0v) is 18.5. The summed E-state index contributed by atoms with van der Waals surface area (Å²) >= 11 is 0. The summed E-state index contributed by atoms with van der Waals surface area (Å²) in [6, 6.07) is 9.59. The first kappa shape index (κ1) is 22.0. The lowest BCUT2D eigenvalue weighted by molar-refractivity contribution is -0.121.